The lowest BCUT2D eigenvalue weighted by Crippen LogP contribution is -2.54. The summed E-state index contributed by atoms with van der Waals surface area (Å²) in [6, 6.07) is 11.7. The molecule has 0 bridgehead atoms. The maximum absolute atomic E-state index is 14.2. The van der Waals surface area contributed by atoms with Gasteiger partial charge in [-0.1, -0.05) is 36.4 Å². The van der Waals surface area contributed by atoms with Crippen molar-refractivity contribution in [2.75, 3.05) is 33.3 Å². The van der Waals surface area contributed by atoms with Crippen LogP contribution in [0, 0.1) is 17.6 Å². The number of carbonyl (C=O) groups excluding carboxylic acids is 3. The molecule has 0 N–H and O–H groups in total. The summed E-state index contributed by atoms with van der Waals surface area (Å²) in [4.78, 5) is 44.2. The number of piperidine rings is 1. The van der Waals surface area contributed by atoms with Gasteiger partial charge in [0.1, 0.15) is 5.92 Å². The number of ether oxygens (including phenoxy) is 1. The summed E-state index contributed by atoms with van der Waals surface area (Å²) in [5.41, 5.74) is 1.67. The predicted molar refractivity (Wildman–Crippen MR) is 137 cm³/mol. The van der Waals surface area contributed by atoms with Gasteiger partial charge in [0, 0.05) is 12.3 Å². The van der Waals surface area contributed by atoms with Gasteiger partial charge < -0.3 is 9.64 Å². The number of nitrogens with zero attached hydrogens (tertiary/aromatic N) is 4. The molecule has 2 aliphatic rings. The largest absolute Gasteiger partial charge is 0.468 e. The molecule has 0 spiro atoms. The maximum atomic E-state index is 14.2. The Morgan fingerprint density at radius 1 is 1.11 bits per heavy atom. The molecule has 3 amide bonds. The Morgan fingerprint density at radius 2 is 1.82 bits per heavy atom. The molecular formula is C28H32F2N4O4. The lowest BCUT2D eigenvalue weighted by Gasteiger charge is -2.42. The average molecular weight is 527 g/mol. The van der Waals surface area contributed by atoms with Crippen LogP contribution in [0.4, 0.5) is 13.6 Å². The molecule has 38 heavy (non-hydrogen) atoms. The van der Waals surface area contributed by atoms with Gasteiger partial charge in [-0.3, -0.25) is 14.6 Å². The van der Waals surface area contributed by atoms with E-state index in [1.54, 1.807) is 0 Å². The summed E-state index contributed by atoms with van der Waals surface area (Å²) < 4.78 is 32.8. The van der Waals surface area contributed by atoms with Gasteiger partial charge in [-0.25, -0.2) is 23.6 Å². The Labute approximate surface area is 220 Å². The van der Waals surface area contributed by atoms with E-state index in [-0.39, 0.29) is 17.8 Å². The number of benzene rings is 2. The number of hydrogen-bond acceptors (Lipinski definition) is 5. The summed E-state index contributed by atoms with van der Waals surface area (Å²) in [5, 5.41) is 2.22. The van der Waals surface area contributed by atoms with Gasteiger partial charge in [-0.05, 0) is 75.0 Å². The van der Waals surface area contributed by atoms with Gasteiger partial charge in [-0.2, -0.15) is 0 Å². The number of urea groups is 1. The smallest absolute Gasteiger partial charge is 0.362 e. The highest BCUT2D eigenvalue weighted by Gasteiger charge is 2.45. The molecule has 8 nitrogen and oxygen atoms in total. The van der Waals surface area contributed by atoms with Crippen molar-refractivity contribution < 1.29 is 27.9 Å². The normalized spacial score (nSPS) is 20.7. The summed E-state index contributed by atoms with van der Waals surface area (Å²) in [7, 11) is 1.19. The number of esters is 1. The molecule has 0 saturated carbocycles. The number of likely N-dealkylation sites (tertiary alicyclic amines) is 1. The van der Waals surface area contributed by atoms with Crippen LogP contribution in [0.2, 0.25) is 0 Å². The number of methoxy groups -OCH3 is 1. The van der Waals surface area contributed by atoms with Crippen LogP contribution in [0.1, 0.15) is 49.3 Å². The Balaban J connectivity index is 1.47. The van der Waals surface area contributed by atoms with Gasteiger partial charge in [-0.15, -0.1) is 0 Å². The first-order valence-corrected chi connectivity index (χ1v) is 12.7. The van der Waals surface area contributed by atoms with Gasteiger partial charge >= 0.3 is 12.0 Å². The van der Waals surface area contributed by atoms with Crippen molar-refractivity contribution in [3.63, 3.8) is 0 Å². The van der Waals surface area contributed by atoms with E-state index in [1.165, 1.54) is 25.7 Å². The molecule has 2 heterocycles. The fourth-order valence-corrected chi connectivity index (χ4v) is 5.37. The highest BCUT2D eigenvalue weighted by atomic mass is 19.2. The lowest BCUT2D eigenvalue weighted by atomic mass is 9.87. The van der Waals surface area contributed by atoms with E-state index in [9.17, 15) is 23.2 Å². The van der Waals surface area contributed by atoms with E-state index >= 15 is 0 Å². The zero-order valence-corrected chi connectivity index (χ0v) is 21.6. The molecule has 0 aliphatic carbocycles. The molecule has 1 saturated heterocycles. The van der Waals surface area contributed by atoms with Crippen molar-refractivity contribution in [1.29, 1.82) is 0 Å². The van der Waals surface area contributed by atoms with Gasteiger partial charge in [0.05, 0.1) is 13.2 Å². The molecule has 2 aromatic rings. The van der Waals surface area contributed by atoms with Crippen LogP contribution in [-0.2, 0) is 14.3 Å². The minimum Gasteiger partial charge on any atom is -0.468 e. The van der Waals surface area contributed by atoms with E-state index in [0.29, 0.717) is 25.3 Å². The first-order valence-electron chi connectivity index (χ1n) is 12.7. The summed E-state index contributed by atoms with van der Waals surface area (Å²) in [5.74, 6) is -3.47. The highest BCUT2D eigenvalue weighted by molar-refractivity contribution is 6.08. The van der Waals surface area contributed by atoms with Crippen molar-refractivity contribution in [3.05, 3.63) is 71.3 Å². The number of amides is 3. The van der Waals surface area contributed by atoms with Crippen molar-refractivity contribution >= 4 is 24.1 Å². The standard InChI is InChI=1S/C28H32F2N4O4/c1-19-25(27(36)38-2)26(22-9-10-23(29)24(30)17-22)34(28(37)31-19)33(18-35)14-6-13-32-15-11-21(12-16-32)20-7-4-3-5-8-20/h3-5,7-10,17-18,21,25-26H,6,11-16H2,1-2H3. The molecule has 4 rings (SSSR count). The first kappa shape index (κ1) is 27.4. The van der Waals surface area contributed by atoms with Crippen LogP contribution >= 0.6 is 0 Å². The van der Waals surface area contributed by atoms with E-state index in [4.69, 9.17) is 4.74 Å². The Kier molecular flexibility index (Phi) is 8.83. The quantitative estimate of drug-likeness (QED) is 0.359. The molecule has 2 unspecified atom stereocenters. The SMILES string of the molecule is COC(=O)C1C(C)=NC(=O)N(N(C=O)CCCN2CCC(c3ccccc3)CC2)C1c1ccc(F)c(F)c1. The third-order valence-electron chi connectivity index (χ3n) is 7.36. The van der Waals surface area contributed by atoms with Gasteiger partial charge in [0.15, 0.2) is 11.6 Å². The molecule has 1 fully saturated rings. The fraction of sp³-hybridized carbons (Fsp3) is 0.429. The molecule has 2 aromatic carbocycles. The van der Waals surface area contributed by atoms with Crippen LogP contribution in [0.3, 0.4) is 0 Å². The minimum atomic E-state index is -1.13. The highest BCUT2D eigenvalue weighted by Crippen LogP contribution is 2.36. The Morgan fingerprint density at radius 3 is 2.45 bits per heavy atom. The summed E-state index contributed by atoms with van der Waals surface area (Å²) >= 11 is 0. The maximum Gasteiger partial charge on any atom is 0.362 e. The number of hydrazine groups is 1. The van der Waals surface area contributed by atoms with Crippen molar-refractivity contribution in [3.8, 4) is 0 Å². The number of aliphatic imine (C=N–C) groups is 1. The number of hydrogen-bond donors (Lipinski definition) is 0. The van der Waals surface area contributed by atoms with Crippen LogP contribution in [-0.4, -0.2) is 72.3 Å². The summed E-state index contributed by atoms with van der Waals surface area (Å²) in [6.07, 6.45) is 3.14. The Bertz CT molecular complexity index is 1180. The molecule has 2 atom stereocenters. The van der Waals surface area contributed by atoms with E-state index in [1.807, 2.05) is 6.07 Å². The van der Waals surface area contributed by atoms with Crippen molar-refractivity contribution in [2.45, 2.75) is 38.1 Å². The average Bonchev–Trinajstić information content (AvgIpc) is 2.93. The van der Waals surface area contributed by atoms with Gasteiger partial charge in [0.2, 0.25) is 6.41 Å². The number of rotatable bonds is 9. The van der Waals surface area contributed by atoms with Gasteiger partial charge in [0.25, 0.3) is 0 Å². The molecule has 0 aromatic heterocycles. The lowest BCUT2D eigenvalue weighted by molar-refractivity contribution is -0.150. The third kappa shape index (κ3) is 5.91. The number of halogens is 2. The molecular weight excluding hydrogens is 494 g/mol. The fourth-order valence-electron chi connectivity index (χ4n) is 5.37. The van der Waals surface area contributed by atoms with Crippen LogP contribution in [0.5, 0.6) is 0 Å². The topological polar surface area (TPSA) is 82.5 Å². The zero-order valence-electron chi connectivity index (χ0n) is 21.6. The van der Waals surface area contributed by atoms with Crippen LogP contribution in [0.15, 0.2) is 53.5 Å². The van der Waals surface area contributed by atoms with Crippen LogP contribution < -0.4 is 0 Å². The minimum absolute atomic E-state index is 0.150. The zero-order chi connectivity index (χ0) is 27.2. The Hall–Kier alpha value is -3.66. The van der Waals surface area contributed by atoms with Crippen LogP contribution in [0.25, 0.3) is 0 Å². The van der Waals surface area contributed by atoms with Crippen molar-refractivity contribution in [2.24, 2.45) is 10.9 Å². The first-order chi connectivity index (χ1) is 18.3. The monoisotopic (exact) mass is 526 g/mol. The van der Waals surface area contributed by atoms with Crippen molar-refractivity contribution in [1.82, 2.24) is 14.9 Å². The van der Waals surface area contributed by atoms with E-state index in [2.05, 4.69) is 34.2 Å². The molecule has 2 aliphatic heterocycles. The second-order valence-corrected chi connectivity index (χ2v) is 9.65. The third-order valence-corrected chi connectivity index (χ3v) is 7.36. The second kappa shape index (κ2) is 12.3. The summed E-state index contributed by atoms with van der Waals surface area (Å²) in [6.45, 7) is 4.24. The molecule has 10 heteroatoms. The number of carbonyl (C=O) groups is 3. The van der Waals surface area contributed by atoms with E-state index < -0.39 is 35.6 Å². The molecule has 202 valence electrons. The predicted octanol–water partition coefficient (Wildman–Crippen LogP) is 4.33. The van der Waals surface area contributed by atoms with E-state index in [0.717, 1.165) is 48.1 Å². The molecule has 0 radical (unpaired) electrons. The second-order valence-electron chi connectivity index (χ2n) is 9.65.